The van der Waals surface area contributed by atoms with Gasteiger partial charge in [-0.2, -0.15) is 0 Å². The van der Waals surface area contributed by atoms with E-state index in [0.29, 0.717) is 12.8 Å². The summed E-state index contributed by atoms with van der Waals surface area (Å²) in [5, 5.41) is 0. The fourth-order valence-electron chi connectivity index (χ4n) is 0.700. The normalized spacial score (nSPS) is 9.73. The van der Waals surface area contributed by atoms with Crippen LogP contribution < -0.4 is 9.44 Å². The van der Waals surface area contributed by atoms with Crippen LogP contribution in [0.2, 0.25) is 0 Å². The summed E-state index contributed by atoms with van der Waals surface area (Å²) in [5.74, 6) is 0.0472. The Kier molecular flexibility index (Phi) is 10.5. The van der Waals surface area contributed by atoms with Gasteiger partial charge in [0.05, 0.1) is 0 Å². The van der Waals surface area contributed by atoms with Crippen molar-refractivity contribution in [3.63, 3.8) is 0 Å². The van der Waals surface area contributed by atoms with Crippen molar-refractivity contribution < 1.29 is 9.59 Å². The lowest BCUT2D eigenvalue weighted by atomic mass is 10.3. The first kappa shape index (κ1) is 15.0. The third-order valence-corrected chi connectivity index (χ3v) is 4.22. The number of amides is 2. The molecular formula is C8H16N2O2S3. The van der Waals surface area contributed by atoms with E-state index in [4.69, 9.17) is 0 Å². The number of rotatable bonds is 8. The van der Waals surface area contributed by atoms with E-state index in [1.807, 2.05) is 13.8 Å². The molecule has 0 aliphatic rings. The molecule has 0 aromatic rings. The second-order valence-corrected chi connectivity index (χ2v) is 6.30. The average Bonchev–Trinajstić information content (AvgIpc) is 2.18. The Morgan fingerprint density at radius 1 is 0.933 bits per heavy atom. The molecule has 0 saturated heterocycles. The van der Waals surface area contributed by atoms with Crippen molar-refractivity contribution in [3.05, 3.63) is 0 Å². The van der Waals surface area contributed by atoms with Gasteiger partial charge in [-0.15, -0.1) is 0 Å². The van der Waals surface area contributed by atoms with Gasteiger partial charge in [0.25, 0.3) is 0 Å². The second-order valence-electron chi connectivity index (χ2n) is 2.79. The first-order valence-corrected chi connectivity index (χ1v) is 8.25. The standard InChI is InChI=1S/C8H16N2O2S3/c1-3-5-7(11)9-13-15-14-10-8(12)6-4-2/h3-6H2,1-2H3,(H,9,11)(H,10,12). The van der Waals surface area contributed by atoms with Crippen LogP contribution >= 0.6 is 31.8 Å². The third kappa shape index (κ3) is 10.3. The van der Waals surface area contributed by atoms with Crippen LogP contribution in [-0.2, 0) is 9.59 Å². The molecule has 0 bridgehead atoms. The summed E-state index contributed by atoms with van der Waals surface area (Å²) in [6.07, 6.45) is 2.77. The summed E-state index contributed by atoms with van der Waals surface area (Å²) in [4.78, 5) is 22.0. The van der Waals surface area contributed by atoms with Gasteiger partial charge in [0.1, 0.15) is 0 Å². The van der Waals surface area contributed by atoms with Crippen LogP contribution in [0, 0.1) is 0 Å². The van der Waals surface area contributed by atoms with Crippen LogP contribution in [0.3, 0.4) is 0 Å². The van der Waals surface area contributed by atoms with Crippen LogP contribution in [0.15, 0.2) is 0 Å². The van der Waals surface area contributed by atoms with Crippen LogP contribution in [0.1, 0.15) is 39.5 Å². The number of carbonyl (C=O) groups is 2. The van der Waals surface area contributed by atoms with Gasteiger partial charge in [0, 0.05) is 44.6 Å². The molecule has 2 N–H and O–H groups in total. The van der Waals surface area contributed by atoms with Crippen molar-refractivity contribution in [1.82, 2.24) is 9.44 Å². The third-order valence-electron chi connectivity index (χ3n) is 1.33. The van der Waals surface area contributed by atoms with Crippen molar-refractivity contribution in [2.45, 2.75) is 39.5 Å². The topological polar surface area (TPSA) is 58.2 Å². The minimum absolute atomic E-state index is 0.0236. The van der Waals surface area contributed by atoms with E-state index in [9.17, 15) is 9.59 Å². The highest BCUT2D eigenvalue weighted by Crippen LogP contribution is 2.29. The lowest BCUT2D eigenvalue weighted by molar-refractivity contribution is -0.120. The van der Waals surface area contributed by atoms with Gasteiger partial charge < -0.3 is 0 Å². The molecule has 0 unspecified atom stereocenters. The highest BCUT2D eigenvalue weighted by atomic mass is 33.5. The molecule has 0 atom stereocenters. The SMILES string of the molecule is CCCC(=O)NSSSNC(=O)CCC. The predicted molar refractivity (Wildman–Crippen MR) is 68.9 cm³/mol. The van der Waals surface area contributed by atoms with Gasteiger partial charge in [-0.25, -0.2) is 0 Å². The lowest BCUT2D eigenvalue weighted by Crippen LogP contribution is -2.15. The molecule has 15 heavy (non-hydrogen) atoms. The Bertz CT molecular complexity index is 182. The van der Waals surface area contributed by atoms with Crippen molar-refractivity contribution in [2.75, 3.05) is 0 Å². The van der Waals surface area contributed by atoms with Gasteiger partial charge in [0.2, 0.25) is 11.8 Å². The zero-order chi connectivity index (χ0) is 11.5. The molecule has 0 spiro atoms. The quantitative estimate of drug-likeness (QED) is 0.403. The summed E-state index contributed by atoms with van der Waals surface area (Å²) in [6, 6.07) is 0. The molecule has 0 aliphatic heterocycles. The van der Waals surface area contributed by atoms with Crippen LogP contribution in [0.5, 0.6) is 0 Å². The van der Waals surface area contributed by atoms with E-state index in [1.54, 1.807) is 0 Å². The Labute approximate surface area is 102 Å². The highest BCUT2D eigenvalue weighted by Gasteiger charge is 2.01. The molecule has 0 rings (SSSR count). The molecule has 7 heteroatoms. The second kappa shape index (κ2) is 10.5. The molecule has 0 fully saturated rings. The molecule has 0 heterocycles. The maximum Gasteiger partial charge on any atom is 0.230 e. The van der Waals surface area contributed by atoms with Gasteiger partial charge in [-0.05, 0) is 12.8 Å². The Morgan fingerprint density at radius 2 is 1.33 bits per heavy atom. The van der Waals surface area contributed by atoms with E-state index in [2.05, 4.69) is 9.44 Å². The Hall–Kier alpha value is -0.0100. The molecule has 88 valence electrons. The zero-order valence-electron chi connectivity index (χ0n) is 8.87. The fourth-order valence-corrected chi connectivity index (χ4v) is 2.97. The van der Waals surface area contributed by atoms with Crippen molar-refractivity contribution in [3.8, 4) is 0 Å². The summed E-state index contributed by atoms with van der Waals surface area (Å²) >= 11 is 0. The van der Waals surface area contributed by atoms with E-state index < -0.39 is 0 Å². The summed E-state index contributed by atoms with van der Waals surface area (Å²) in [6.45, 7) is 3.91. The molecule has 4 nitrogen and oxygen atoms in total. The van der Waals surface area contributed by atoms with Crippen molar-refractivity contribution in [2.24, 2.45) is 0 Å². The van der Waals surface area contributed by atoms with Crippen molar-refractivity contribution >= 4 is 43.6 Å². The van der Waals surface area contributed by atoms with E-state index in [-0.39, 0.29) is 11.8 Å². The van der Waals surface area contributed by atoms with E-state index in [0.717, 1.165) is 12.8 Å². The zero-order valence-corrected chi connectivity index (χ0v) is 11.3. The van der Waals surface area contributed by atoms with Crippen LogP contribution in [0.4, 0.5) is 0 Å². The van der Waals surface area contributed by atoms with Crippen molar-refractivity contribution in [1.29, 1.82) is 0 Å². The maximum absolute atomic E-state index is 11.0. The molecule has 0 saturated carbocycles. The smallest absolute Gasteiger partial charge is 0.230 e. The lowest BCUT2D eigenvalue weighted by Gasteiger charge is -2.02. The summed E-state index contributed by atoms with van der Waals surface area (Å²) in [5.41, 5.74) is 0. The first-order chi connectivity index (χ1) is 7.20. The molecule has 0 aromatic heterocycles. The highest BCUT2D eigenvalue weighted by molar-refractivity contribution is 9.08. The fraction of sp³-hybridized carbons (Fsp3) is 0.750. The van der Waals surface area contributed by atoms with Gasteiger partial charge in [-0.1, -0.05) is 13.8 Å². The number of nitrogens with one attached hydrogen (secondary N) is 2. The minimum Gasteiger partial charge on any atom is -0.290 e. The number of carbonyl (C=O) groups excluding carboxylic acids is 2. The molecule has 0 aromatic carbocycles. The summed E-state index contributed by atoms with van der Waals surface area (Å²) < 4.78 is 5.32. The molecule has 0 radical (unpaired) electrons. The Morgan fingerprint density at radius 3 is 1.67 bits per heavy atom. The van der Waals surface area contributed by atoms with Crippen LogP contribution in [0.25, 0.3) is 0 Å². The average molecular weight is 268 g/mol. The number of hydrogen-bond acceptors (Lipinski definition) is 5. The van der Waals surface area contributed by atoms with Crippen LogP contribution in [-0.4, -0.2) is 11.8 Å². The number of hydrogen-bond donors (Lipinski definition) is 2. The van der Waals surface area contributed by atoms with E-state index in [1.165, 1.54) is 31.8 Å². The van der Waals surface area contributed by atoms with Gasteiger partial charge in [0.15, 0.2) is 0 Å². The molecular weight excluding hydrogens is 252 g/mol. The molecule has 0 aliphatic carbocycles. The maximum atomic E-state index is 11.0. The first-order valence-electron chi connectivity index (χ1n) is 4.77. The van der Waals surface area contributed by atoms with Gasteiger partial charge >= 0.3 is 0 Å². The van der Waals surface area contributed by atoms with E-state index >= 15 is 0 Å². The largest absolute Gasteiger partial charge is 0.290 e. The monoisotopic (exact) mass is 268 g/mol. The predicted octanol–water partition coefficient (Wildman–Crippen LogP) is 2.68. The minimum atomic E-state index is 0.0236. The molecule has 2 amide bonds. The Balaban J connectivity index is 3.24. The summed E-state index contributed by atoms with van der Waals surface area (Å²) in [7, 11) is 3.78. The van der Waals surface area contributed by atoms with Gasteiger partial charge in [-0.3, -0.25) is 19.0 Å².